The number of morpholine rings is 1. The van der Waals surface area contributed by atoms with Gasteiger partial charge in [0, 0.05) is 69.2 Å². The third-order valence-corrected chi connectivity index (χ3v) is 6.58. The number of aryl methyl sites for hydroxylation is 2. The minimum atomic E-state index is -0.213. The van der Waals surface area contributed by atoms with E-state index >= 15 is 0 Å². The smallest absolute Gasteiger partial charge is 0.264 e. The van der Waals surface area contributed by atoms with Crippen molar-refractivity contribution in [1.29, 1.82) is 0 Å². The Kier molecular flexibility index (Phi) is 6.14. The average molecular weight is 430 g/mol. The number of aromatic nitrogens is 3. The minimum Gasteiger partial charge on any atom is -0.395 e. The van der Waals surface area contributed by atoms with Gasteiger partial charge < -0.3 is 14.7 Å². The Morgan fingerprint density at radius 1 is 1.47 bits per heavy atom. The van der Waals surface area contributed by atoms with E-state index in [2.05, 4.69) is 21.2 Å². The zero-order valence-corrected chi connectivity index (χ0v) is 18.4. The molecule has 0 spiro atoms. The fourth-order valence-electron chi connectivity index (χ4n) is 3.92. The van der Waals surface area contributed by atoms with Crippen molar-refractivity contribution in [3.63, 3.8) is 0 Å². The first-order chi connectivity index (χ1) is 14.5. The zero-order chi connectivity index (χ0) is 21.3. The molecule has 1 N–H and O–H groups in total. The maximum absolute atomic E-state index is 13.1. The van der Waals surface area contributed by atoms with E-state index in [9.17, 15) is 9.90 Å². The molecule has 4 heterocycles. The highest BCUT2D eigenvalue weighted by Crippen LogP contribution is 2.38. The first-order valence-electron chi connectivity index (χ1n) is 10.0. The summed E-state index contributed by atoms with van der Waals surface area (Å²) < 4.78 is 8.00. The molecule has 1 aliphatic heterocycles. The van der Waals surface area contributed by atoms with Crippen LogP contribution in [0.1, 0.15) is 32.6 Å². The van der Waals surface area contributed by atoms with Crippen molar-refractivity contribution in [3.05, 3.63) is 46.2 Å². The second-order valence-corrected chi connectivity index (χ2v) is 8.66. The number of hydrogen-bond donors (Lipinski definition) is 1. The lowest BCUT2D eigenvalue weighted by Crippen LogP contribution is -2.38. The van der Waals surface area contributed by atoms with E-state index < -0.39 is 0 Å². The average Bonchev–Trinajstić information content (AvgIpc) is 3.27. The third-order valence-electron chi connectivity index (χ3n) is 5.46. The molecule has 0 saturated carbocycles. The summed E-state index contributed by atoms with van der Waals surface area (Å²) >= 11 is 1.40. The standard InChI is InChI=1S/C21H27N5O3S/c1-14-15(11-25(3)23-14)12-26-8-10-29-17(13-26)18-16-5-4-6-22-20(16)30-19(18)21(28)24(2)7-9-27/h4-6,11,17,27H,7-10,12-13H2,1-3H3. The molecule has 0 aromatic carbocycles. The van der Waals surface area contributed by atoms with Crippen molar-refractivity contribution >= 4 is 27.5 Å². The number of ether oxygens (including phenoxy) is 1. The molecule has 0 aliphatic carbocycles. The summed E-state index contributed by atoms with van der Waals surface area (Å²) in [6.45, 7) is 5.17. The van der Waals surface area contributed by atoms with Gasteiger partial charge in [0.1, 0.15) is 9.71 Å². The first-order valence-corrected chi connectivity index (χ1v) is 10.9. The fourth-order valence-corrected chi connectivity index (χ4v) is 5.11. The molecule has 1 unspecified atom stereocenters. The molecule has 1 amide bonds. The molecule has 1 fully saturated rings. The van der Waals surface area contributed by atoms with Crippen LogP contribution in [0.15, 0.2) is 24.5 Å². The Bertz CT molecular complexity index is 1050. The zero-order valence-electron chi connectivity index (χ0n) is 17.5. The van der Waals surface area contributed by atoms with Gasteiger partial charge in [-0.05, 0) is 13.0 Å². The molecule has 4 rings (SSSR count). The molecular weight excluding hydrogens is 402 g/mol. The van der Waals surface area contributed by atoms with Crippen molar-refractivity contribution in [1.82, 2.24) is 24.6 Å². The van der Waals surface area contributed by atoms with Crippen LogP contribution in [0, 0.1) is 6.92 Å². The maximum Gasteiger partial charge on any atom is 0.264 e. The monoisotopic (exact) mass is 429 g/mol. The molecule has 1 aliphatic rings. The van der Waals surface area contributed by atoms with Crippen LogP contribution in [-0.4, -0.2) is 75.5 Å². The van der Waals surface area contributed by atoms with Gasteiger partial charge in [-0.25, -0.2) is 4.98 Å². The number of hydrogen-bond acceptors (Lipinski definition) is 7. The number of pyridine rings is 1. The normalized spacial score (nSPS) is 17.5. The van der Waals surface area contributed by atoms with Crippen molar-refractivity contribution in [3.8, 4) is 0 Å². The number of carbonyl (C=O) groups is 1. The van der Waals surface area contributed by atoms with Crippen molar-refractivity contribution in [2.75, 3.05) is 39.9 Å². The molecule has 160 valence electrons. The number of thiophene rings is 1. The molecule has 9 heteroatoms. The van der Waals surface area contributed by atoms with E-state index in [1.807, 2.05) is 30.8 Å². The highest BCUT2D eigenvalue weighted by atomic mass is 32.1. The topological polar surface area (TPSA) is 83.7 Å². The van der Waals surface area contributed by atoms with Crippen LogP contribution in [0.4, 0.5) is 0 Å². The van der Waals surface area contributed by atoms with Gasteiger partial charge in [-0.3, -0.25) is 14.4 Å². The van der Waals surface area contributed by atoms with Crippen LogP contribution in [0.25, 0.3) is 10.2 Å². The molecule has 1 saturated heterocycles. The van der Waals surface area contributed by atoms with E-state index in [0.717, 1.165) is 34.6 Å². The molecule has 8 nitrogen and oxygen atoms in total. The molecule has 3 aromatic rings. The predicted molar refractivity (Wildman–Crippen MR) is 116 cm³/mol. The third kappa shape index (κ3) is 4.11. The Morgan fingerprint density at radius 3 is 3.03 bits per heavy atom. The number of amides is 1. The van der Waals surface area contributed by atoms with Crippen LogP contribution in [-0.2, 0) is 18.3 Å². The van der Waals surface area contributed by atoms with Crippen LogP contribution < -0.4 is 0 Å². The lowest BCUT2D eigenvalue weighted by molar-refractivity contribution is -0.0324. The van der Waals surface area contributed by atoms with Crippen LogP contribution >= 0.6 is 11.3 Å². The molecule has 30 heavy (non-hydrogen) atoms. The van der Waals surface area contributed by atoms with Gasteiger partial charge >= 0.3 is 0 Å². The summed E-state index contributed by atoms with van der Waals surface area (Å²) in [5.74, 6) is -0.106. The molecule has 3 aromatic heterocycles. The number of aliphatic hydroxyl groups excluding tert-OH is 1. The number of nitrogens with zero attached hydrogens (tertiary/aromatic N) is 5. The van der Waals surface area contributed by atoms with Crippen molar-refractivity contribution in [2.24, 2.45) is 7.05 Å². The summed E-state index contributed by atoms with van der Waals surface area (Å²) in [6.07, 6.45) is 3.59. The highest BCUT2D eigenvalue weighted by Gasteiger charge is 2.31. The predicted octanol–water partition coefficient (Wildman–Crippen LogP) is 1.98. The number of carbonyl (C=O) groups excluding carboxylic acids is 1. The number of rotatable bonds is 6. The van der Waals surface area contributed by atoms with Gasteiger partial charge in [0.25, 0.3) is 5.91 Å². The quantitative estimate of drug-likeness (QED) is 0.645. The van der Waals surface area contributed by atoms with E-state index in [-0.39, 0.29) is 25.2 Å². The van der Waals surface area contributed by atoms with Gasteiger partial charge in [0.2, 0.25) is 0 Å². The highest BCUT2D eigenvalue weighted by molar-refractivity contribution is 7.20. The SMILES string of the molecule is Cc1nn(C)cc1CN1CCOC(c2c(C(=O)N(C)CCO)sc3ncccc23)C1. The Labute approximate surface area is 179 Å². The first kappa shape index (κ1) is 20.9. The van der Waals surface area contributed by atoms with Gasteiger partial charge in [-0.2, -0.15) is 5.10 Å². The lowest BCUT2D eigenvalue weighted by Gasteiger charge is -2.33. The Balaban J connectivity index is 1.65. The van der Waals surface area contributed by atoms with Gasteiger partial charge in [0.05, 0.1) is 25.0 Å². The summed E-state index contributed by atoms with van der Waals surface area (Å²) in [7, 11) is 3.64. The summed E-state index contributed by atoms with van der Waals surface area (Å²) in [5.41, 5.74) is 3.15. The largest absolute Gasteiger partial charge is 0.395 e. The Hall–Kier alpha value is -2.33. The van der Waals surface area contributed by atoms with E-state index in [4.69, 9.17) is 4.74 Å². The van der Waals surface area contributed by atoms with Crippen LogP contribution in [0.2, 0.25) is 0 Å². The van der Waals surface area contributed by atoms with Crippen LogP contribution in [0.3, 0.4) is 0 Å². The maximum atomic E-state index is 13.1. The fraction of sp³-hybridized carbons (Fsp3) is 0.476. The van der Waals surface area contributed by atoms with Crippen LogP contribution in [0.5, 0.6) is 0 Å². The van der Waals surface area contributed by atoms with Crippen molar-refractivity contribution in [2.45, 2.75) is 19.6 Å². The van der Waals surface area contributed by atoms with Gasteiger partial charge in [0.15, 0.2) is 0 Å². The summed E-state index contributed by atoms with van der Waals surface area (Å²) in [5, 5.41) is 14.7. The van der Waals surface area contributed by atoms with Gasteiger partial charge in [-0.15, -0.1) is 11.3 Å². The molecule has 0 bridgehead atoms. The summed E-state index contributed by atoms with van der Waals surface area (Å²) in [4.78, 5) is 22.9. The lowest BCUT2D eigenvalue weighted by atomic mass is 10.0. The van der Waals surface area contributed by atoms with E-state index in [0.29, 0.717) is 18.0 Å². The number of fused-ring (bicyclic) bond motifs is 1. The second kappa shape index (κ2) is 8.81. The van der Waals surface area contributed by atoms with E-state index in [1.165, 1.54) is 16.9 Å². The van der Waals surface area contributed by atoms with Crippen molar-refractivity contribution < 1.29 is 14.6 Å². The molecular formula is C21H27N5O3S. The molecule has 0 radical (unpaired) electrons. The summed E-state index contributed by atoms with van der Waals surface area (Å²) in [6, 6.07) is 3.90. The number of likely N-dealkylation sites (N-methyl/N-ethyl adjacent to an activating group) is 1. The van der Waals surface area contributed by atoms with E-state index in [1.54, 1.807) is 18.1 Å². The van der Waals surface area contributed by atoms with Gasteiger partial charge in [-0.1, -0.05) is 6.07 Å². The molecule has 1 atom stereocenters. The second-order valence-electron chi connectivity index (χ2n) is 7.66. The number of aliphatic hydroxyl groups is 1. The minimum absolute atomic E-state index is 0.0705. The Morgan fingerprint density at radius 2 is 2.30 bits per heavy atom.